The van der Waals surface area contributed by atoms with Gasteiger partial charge in [-0.15, -0.1) is 0 Å². The van der Waals surface area contributed by atoms with Crippen molar-refractivity contribution in [1.82, 2.24) is 15.2 Å². The van der Waals surface area contributed by atoms with E-state index in [9.17, 15) is 9.59 Å². The first-order chi connectivity index (χ1) is 13.5. The van der Waals surface area contributed by atoms with Crippen LogP contribution >= 0.6 is 11.3 Å². The lowest BCUT2D eigenvalue weighted by Gasteiger charge is -2.17. The van der Waals surface area contributed by atoms with Crippen LogP contribution in [0.5, 0.6) is 0 Å². The Morgan fingerprint density at radius 1 is 1.07 bits per heavy atom. The van der Waals surface area contributed by atoms with Crippen molar-refractivity contribution in [2.75, 3.05) is 19.4 Å². The number of aromatic nitrogens is 1. The molecule has 0 saturated carbocycles. The molecule has 0 atom stereocenters. The van der Waals surface area contributed by atoms with Crippen molar-refractivity contribution in [2.45, 2.75) is 13.5 Å². The first kappa shape index (κ1) is 19.6. The van der Waals surface area contributed by atoms with E-state index in [0.29, 0.717) is 17.2 Å². The third-order valence-electron chi connectivity index (χ3n) is 4.26. The minimum atomic E-state index is -0.233. The summed E-state index contributed by atoms with van der Waals surface area (Å²) in [6, 6.07) is 16.9. The van der Waals surface area contributed by atoms with Crippen molar-refractivity contribution in [1.29, 1.82) is 0 Å². The van der Waals surface area contributed by atoms with E-state index >= 15 is 0 Å². The maximum atomic E-state index is 12.5. The van der Waals surface area contributed by atoms with Gasteiger partial charge in [0.1, 0.15) is 0 Å². The van der Waals surface area contributed by atoms with Gasteiger partial charge >= 0.3 is 6.03 Å². The van der Waals surface area contributed by atoms with Crippen molar-refractivity contribution in [2.24, 2.45) is 0 Å². The van der Waals surface area contributed by atoms with Crippen LogP contribution in [0.15, 0.2) is 54.6 Å². The number of benzene rings is 2. The smallest absolute Gasteiger partial charge is 0.323 e. The van der Waals surface area contributed by atoms with Crippen LogP contribution in [0, 0.1) is 6.92 Å². The number of hydrogen-bond acceptors (Lipinski definition) is 4. The number of nitrogens with one attached hydrogen (secondary N) is 2. The molecule has 2 aromatic carbocycles. The van der Waals surface area contributed by atoms with Gasteiger partial charge in [0, 0.05) is 26.2 Å². The average Bonchev–Trinajstić information content (AvgIpc) is 3.08. The number of anilines is 1. The SMILES string of the molecule is CNC(=O)c1ccc(CN(C)C(=O)Nc2nc(C)c(-c3ccccc3)s2)cc1. The molecule has 6 nitrogen and oxygen atoms in total. The van der Waals surface area contributed by atoms with Crippen LogP contribution in [-0.4, -0.2) is 35.9 Å². The molecule has 3 amide bonds. The molecular formula is C21H22N4O2S. The number of carbonyl (C=O) groups is 2. The Labute approximate surface area is 168 Å². The number of carbonyl (C=O) groups excluding carboxylic acids is 2. The molecule has 1 aromatic heterocycles. The average molecular weight is 395 g/mol. The van der Waals surface area contributed by atoms with Gasteiger partial charge in [0.05, 0.1) is 10.6 Å². The maximum absolute atomic E-state index is 12.5. The molecule has 0 fully saturated rings. The summed E-state index contributed by atoms with van der Waals surface area (Å²) in [5, 5.41) is 6.02. The predicted molar refractivity (Wildman–Crippen MR) is 113 cm³/mol. The lowest BCUT2D eigenvalue weighted by molar-refractivity contribution is 0.0963. The fourth-order valence-corrected chi connectivity index (χ4v) is 3.71. The molecule has 0 aliphatic carbocycles. The van der Waals surface area contributed by atoms with Gasteiger partial charge in [-0.25, -0.2) is 9.78 Å². The van der Waals surface area contributed by atoms with Gasteiger partial charge in [0.2, 0.25) is 0 Å². The third-order valence-corrected chi connectivity index (χ3v) is 5.38. The summed E-state index contributed by atoms with van der Waals surface area (Å²) in [7, 11) is 3.32. The number of hydrogen-bond donors (Lipinski definition) is 2. The van der Waals surface area contributed by atoms with E-state index in [-0.39, 0.29) is 11.9 Å². The predicted octanol–water partition coefficient (Wildman–Crippen LogP) is 4.14. The van der Waals surface area contributed by atoms with Crippen molar-refractivity contribution in [3.8, 4) is 10.4 Å². The van der Waals surface area contributed by atoms with E-state index in [1.54, 1.807) is 31.1 Å². The number of thiazole rings is 1. The normalized spacial score (nSPS) is 10.4. The van der Waals surface area contributed by atoms with Crippen molar-refractivity contribution >= 4 is 28.4 Å². The summed E-state index contributed by atoms with van der Waals surface area (Å²) in [5.41, 5.74) is 3.50. The summed E-state index contributed by atoms with van der Waals surface area (Å²) in [6.45, 7) is 2.36. The number of aryl methyl sites for hydroxylation is 1. The van der Waals surface area contributed by atoms with E-state index in [2.05, 4.69) is 15.6 Å². The Hall–Kier alpha value is -3.19. The van der Waals surface area contributed by atoms with E-state index in [1.807, 2.05) is 49.4 Å². The lowest BCUT2D eigenvalue weighted by atomic mass is 10.1. The Balaban J connectivity index is 1.64. The van der Waals surface area contributed by atoms with Crippen molar-refractivity contribution < 1.29 is 9.59 Å². The monoisotopic (exact) mass is 394 g/mol. The molecule has 0 aliphatic heterocycles. The molecule has 7 heteroatoms. The molecular weight excluding hydrogens is 372 g/mol. The van der Waals surface area contributed by atoms with E-state index in [4.69, 9.17) is 0 Å². The molecule has 2 N–H and O–H groups in total. The molecule has 3 aromatic rings. The topological polar surface area (TPSA) is 74.3 Å². The van der Waals surface area contributed by atoms with Gasteiger partial charge in [-0.2, -0.15) is 0 Å². The van der Waals surface area contributed by atoms with Crippen LogP contribution in [0.4, 0.5) is 9.93 Å². The molecule has 0 aliphatic rings. The fourth-order valence-electron chi connectivity index (χ4n) is 2.75. The van der Waals surface area contributed by atoms with E-state index < -0.39 is 0 Å². The van der Waals surface area contributed by atoms with Gasteiger partial charge in [0.25, 0.3) is 5.91 Å². The van der Waals surface area contributed by atoms with Gasteiger partial charge in [-0.05, 0) is 30.2 Å². The summed E-state index contributed by atoms with van der Waals surface area (Å²) in [6.07, 6.45) is 0. The number of rotatable bonds is 5. The van der Waals surface area contributed by atoms with Crippen LogP contribution in [-0.2, 0) is 6.54 Å². The highest BCUT2D eigenvalue weighted by Crippen LogP contribution is 2.32. The van der Waals surface area contributed by atoms with Gasteiger partial charge < -0.3 is 10.2 Å². The lowest BCUT2D eigenvalue weighted by Crippen LogP contribution is -2.30. The highest BCUT2D eigenvalue weighted by Gasteiger charge is 2.15. The zero-order valence-corrected chi connectivity index (χ0v) is 16.8. The summed E-state index contributed by atoms with van der Waals surface area (Å²) in [4.78, 5) is 31.2. The Morgan fingerprint density at radius 2 is 1.75 bits per heavy atom. The number of nitrogens with zero attached hydrogens (tertiary/aromatic N) is 2. The van der Waals surface area contributed by atoms with Gasteiger partial charge in [-0.3, -0.25) is 10.1 Å². The maximum Gasteiger partial charge on any atom is 0.323 e. The highest BCUT2D eigenvalue weighted by molar-refractivity contribution is 7.19. The second kappa shape index (κ2) is 8.67. The standard InChI is InChI=1S/C21H22N4O2S/c1-14-18(16-7-5-4-6-8-16)28-20(23-14)24-21(27)25(3)13-15-9-11-17(12-10-15)19(26)22-2/h4-12H,13H2,1-3H3,(H,22,26)(H,23,24,27). The summed E-state index contributed by atoms with van der Waals surface area (Å²) < 4.78 is 0. The van der Waals surface area contributed by atoms with E-state index in [0.717, 1.165) is 21.7 Å². The fraction of sp³-hybridized carbons (Fsp3) is 0.190. The minimum absolute atomic E-state index is 0.133. The zero-order chi connectivity index (χ0) is 20.1. The third kappa shape index (κ3) is 4.55. The van der Waals surface area contributed by atoms with Crippen LogP contribution in [0.3, 0.4) is 0 Å². The van der Waals surface area contributed by atoms with Crippen LogP contribution in [0.1, 0.15) is 21.6 Å². The molecule has 144 valence electrons. The number of urea groups is 1. The second-order valence-electron chi connectivity index (χ2n) is 6.36. The molecule has 0 unspecified atom stereocenters. The zero-order valence-electron chi connectivity index (χ0n) is 16.0. The molecule has 0 spiro atoms. The first-order valence-electron chi connectivity index (χ1n) is 8.84. The van der Waals surface area contributed by atoms with E-state index in [1.165, 1.54) is 11.3 Å². The molecule has 1 heterocycles. The minimum Gasteiger partial charge on any atom is -0.355 e. The molecule has 0 bridgehead atoms. The van der Waals surface area contributed by atoms with Crippen molar-refractivity contribution in [3.63, 3.8) is 0 Å². The Bertz CT molecular complexity index is 968. The van der Waals surface area contributed by atoms with Crippen LogP contribution in [0.25, 0.3) is 10.4 Å². The quantitative estimate of drug-likeness (QED) is 0.683. The molecule has 28 heavy (non-hydrogen) atoms. The Morgan fingerprint density at radius 3 is 2.39 bits per heavy atom. The largest absolute Gasteiger partial charge is 0.355 e. The highest BCUT2D eigenvalue weighted by atomic mass is 32.1. The Kier molecular flexibility index (Phi) is 6.06. The first-order valence-corrected chi connectivity index (χ1v) is 9.65. The van der Waals surface area contributed by atoms with Gasteiger partial charge in [0.15, 0.2) is 5.13 Å². The van der Waals surface area contributed by atoms with Crippen LogP contribution < -0.4 is 10.6 Å². The molecule has 3 rings (SSSR count). The summed E-state index contributed by atoms with van der Waals surface area (Å²) in [5.74, 6) is -0.133. The molecule has 0 saturated heterocycles. The molecule has 0 radical (unpaired) electrons. The van der Waals surface area contributed by atoms with Gasteiger partial charge in [-0.1, -0.05) is 53.8 Å². The van der Waals surface area contributed by atoms with Crippen LogP contribution in [0.2, 0.25) is 0 Å². The second-order valence-corrected chi connectivity index (χ2v) is 7.36. The summed E-state index contributed by atoms with van der Waals surface area (Å²) >= 11 is 1.46. The number of amides is 3. The van der Waals surface area contributed by atoms with Crippen molar-refractivity contribution in [3.05, 3.63) is 71.4 Å².